The Balaban J connectivity index is 2.51. The first-order valence-corrected chi connectivity index (χ1v) is 8.33. The lowest BCUT2D eigenvalue weighted by atomic mass is 9.94. The molecule has 122 valence electrons. The molecule has 2 amide bonds. The fraction of sp³-hybridized carbons (Fsp3) is 0.875. The summed E-state index contributed by atoms with van der Waals surface area (Å²) in [6.45, 7) is 8.11. The van der Waals surface area contributed by atoms with E-state index in [0.29, 0.717) is 6.54 Å². The molecule has 0 spiro atoms. The molecule has 1 aliphatic rings. The van der Waals surface area contributed by atoms with Crippen molar-refractivity contribution in [1.82, 2.24) is 10.2 Å². The molecule has 0 bridgehead atoms. The minimum Gasteiger partial charge on any atom is -0.356 e. The van der Waals surface area contributed by atoms with E-state index in [1.807, 2.05) is 13.8 Å². The first kappa shape index (κ1) is 18.0. The largest absolute Gasteiger partial charge is 0.356 e. The van der Waals surface area contributed by atoms with Crippen LogP contribution in [0.3, 0.4) is 0 Å². The van der Waals surface area contributed by atoms with Crippen LogP contribution in [0.25, 0.3) is 0 Å². The molecule has 21 heavy (non-hydrogen) atoms. The summed E-state index contributed by atoms with van der Waals surface area (Å²) in [6.07, 6.45) is 4.70. The molecule has 3 atom stereocenters. The second-order valence-electron chi connectivity index (χ2n) is 6.18. The van der Waals surface area contributed by atoms with E-state index in [-0.39, 0.29) is 23.7 Å². The van der Waals surface area contributed by atoms with Gasteiger partial charge >= 0.3 is 0 Å². The summed E-state index contributed by atoms with van der Waals surface area (Å²) >= 11 is 0. The highest BCUT2D eigenvalue weighted by Gasteiger charge is 2.31. The van der Waals surface area contributed by atoms with Crippen LogP contribution in [0, 0.1) is 11.8 Å². The third kappa shape index (κ3) is 5.30. The summed E-state index contributed by atoms with van der Waals surface area (Å²) in [5.74, 6) is 0.174. The highest BCUT2D eigenvalue weighted by molar-refractivity contribution is 5.84. The van der Waals surface area contributed by atoms with Crippen LogP contribution >= 0.6 is 0 Å². The van der Waals surface area contributed by atoms with Crippen molar-refractivity contribution in [3.05, 3.63) is 0 Å². The van der Waals surface area contributed by atoms with Gasteiger partial charge in [-0.05, 0) is 25.2 Å². The van der Waals surface area contributed by atoms with E-state index < -0.39 is 6.04 Å². The zero-order valence-corrected chi connectivity index (χ0v) is 13.7. The summed E-state index contributed by atoms with van der Waals surface area (Å²) in [4.78, 5) is 26.3. The maximum absolute atomic E-state index is 12.4. The molecule has 1 saturated heterocycles. The number of likely N-dealkylation sites (tertiary alicyclic amines) is 1. The Labute approximate surface area is 128 Å². The van der Waals surface area contributed by atoms with E-state index >= 15 is 0 Å². The smallest absolute Gasteiger partial charge is 0.239 e. The van der Waals surface area contributed by atoms with Crippen molar-refractivity contribution in [3.8, 4) is 0 Å². The van der Waals surface area contributed by atoms with Crippen LogP contribution in [-0.2, 0) is 9.59 Å². The molecule has 0 aliphatic carbocycles. The van der Waals surface area contributed by atoms with Crippen LogP contribution in [0.1, 0.15) is 52.9 Å². The van der Waals surface area contributed by atoms with Gasteiger partial charge in [0.25, 0.3) is 0 Å². The highest BCUT2D eigenvalue weighted by atomic mass is 16.2. The predicted octanol–water partition coefficient (Wildman–Crippen LogP) is 1.51. The fourth-order valence-corrected chi connectivity index (χ4v) is 2.63. The van der Waals surface area contributed by atoms with Gasteiger partial charge < -0.3 is 16.0 Å². The standard InChI is InChI=1S/C16H31N3O2/c1-4-6-9-18-15(20)13-8-7-10-19(11-13)16(21)14(17)12(3)5-2/h12-14H,4-11,17H2,1-3H3,(H,18,20). The number of amides is 2. The number of rotatable bonds is 7. The van der Waals surface area contributed by atoms with Crippen LogP contribution < -0.4 is 11.1 Å². The SMILES string of the molecule is CCCCNC(=O)C1CCCN(C(=O)C(N)C(C)CC)C1. The molecule has 0 saturated carbocycles. The van der Waals surface area contributed by atoms with Crippen molar-refractivity contribution in [2.75, 3.05) is 19.6 Å². The average molecular weight is 297 g/mol. The van der Waals surface area contributed by atoms with Gasteiger partial charge in [0.2, 0.25) is 11.8 Å². The molecular weight excluding hydrogens is 266 g/mol. The Morgan fingerprint density at radius 2 is 2.10 bits per heavy atom. The molecule has 1 rings (SSSR count). The Kier molecular flexibility index (Phi) is 7.72. The molecule has 0 aromatic carbocycles. The van der Waals surface area contributed by atoms with E-state index in [1.54, 1.807) is 4.90 Å². The van der Waals surface area contributed by atoms with Gasteiger partial charge in [-0.25, -0.2) is 0 Å². The maximum atomic E-state index is 12.4. The zero-order chi connectivity index (χ0) is 15.8. The maximum Gasteiger partial charge on any atom is 0.239 e. The summed E-state index contributed by atoms with van der Waals surface area (Å²) < 4.78 is 0. The van der Waals surface area contributed by atoms with Gasteiger partial charge in [-0.3, -0.25) is 9.59 Å². The zero-order valence-electron chi connectivity index (χ0n) is 13.7. The van der Waals surface area contributed by atoms with E-state index in [4.69, 9.17) is 5.73 Å². The lowest BCUT2D eigenvalue weighted by molar-refractivity contribution is -0.137. The normalized spacial score (nSPS) is 21.7. The van der Waals surface area contributed by atoms with Crippen LogP contribution in [-0.4, -0.2) is 42.4 Å². The molecule has 0 aromatic rings. The quantitative estimate of drug-likeness (QED) is 0.700. The molecule has 3 N–H and O–H groups in total. The van der Waals surface area contributed by atoms with Crippen LogP contribution in [0.15, 0.2) is 0 Å². The number of unbranched alkanes of at least 4 members (excludes halogenated alkanes) is 1. The molecule has 0 aromatic heterocycles. The number of hydrogen-bond acceptors (Lipinski definition) is 3. The Morgan fingerprint density at radius 3 is 2.71 bits per heavy atom. The number of carbonyl (C=O) groups excluding carboxylic acids is 2. The molecule has 3 unspecified atom stereocenters. The van der Waals surface area contributed by atoms with Crippen molar-refractivity contribution in [1.29, 1.82) is 0 Å². The average Bonchev–Trinajstić information content (AvgIpc) is 2.52. The van der Waals surface area contributed by atoms with Gasteiger partial charge in [0.05, 0.1) is 12.0 Å². The molecule has 1 heterocycles. The number of nitrogens with two attached hydrogens (primary N) is 1. The number of piperidine rings is 1. The summed E-state index contributed by atoms with van der Waals surface area (Å²) in [5, 5.41) is 2.97. The van der Waals surface area contributed by atoms with Crippen LogP contribution in [0.5, 0.6) is 0 Å². The molecule has 1 aliphatic heterocycles. The summed E-state index contributed by atoms with van der Waals surface area (Å²) in [5.41, 5.74) is 6.03. The number of carbonyl (C=O) groups is 2. The van der Waals surface area contributed by atoms with E-state index in [9.17, 15) is 9.59 Å². The van der Waals surface area contributed by atoms with Crippen LogP contribution in [0.2, 0.25) is 0 Å². The number of nitrogens with zero attached hydrogens (tertiary/aromatic N) is 1. The predicted molar refractivity (Wildman–Crippen MR) is 84.7 cm³/mol. The minimum atomic E-state index is -0.447. The molecule has 1 fully saturated rings. The monoisotopic (exact) mass is 297 g/mol. The Morgan fingerprint density at radius 1 is 1.38 bits per heavy atom. The summed E-state index contributed by atoms with van der Waals surface area (Å²) in [7, 11) is 0. The topological polar surface area (TPSA) is 75.4 Å². The number of nitrogens with one attached hydrogen (secondary N) is 1. The number of hydrogen-bond donors (Lipinski definition) is 2. The molecule has 5 heteroatoms. The second kappa shape index (κ2) is 9.03. The van der Waals surface area contributed by atoms with Gasteiger partial charge in [0.1, 0.15) is 0 Å². The first-order chi connectivity index (χ1) is 10.0. The highest BCUT2D eigenvalue weighted by Crippen LogP contribution is 2.19. The van der Waals surface area contributed by atoms with Crippen LogP contribution in [0.4, 0.5) is 0 Å². The van der Waals surface area contributed by atoms with Crippen molar-refractivity contribution in [2.24, 2.45) is 17.6 Å². The molecule has 5 nitrogen and oxygen atoms in total. The molecular formula is C16H31N3O2. The van der Waals surface area contributed by atoms with Crippen molar-refractivity contribution < 1.29 is 9.59 Å². The minimum absolute atomic E-state index is 0.00425. The van der Waals surface area contributed by atoms with Gasteiger partial charge in [-0.15, -0.1) is 0 Å². The first-order valence-electron chi connectivity index (χ1n) is 8.33. The van der Waals surface area contributed by atoms with Crippen molar-refractivity contribution in [3.63, 3.8) is 0 Å². The van der Waals surface area contributed by atoms with Gasteiger partial charge in [-0.2, -0.15) is 0 Å². The molecule has 0 radical (unpaired) electrons. The third-order valence-corrected chi connectivity index (χ3v) is 4.48. The van der Waals surface area contributed by atoms with Crippen molar-refractivity contribution in [2.45, 2.75) is 58.9 Å². The second-order valence-corrected chi connectivity index (χ2v) is 6.18. The van der Waals surface area contributed by atoms with Gasteiger partial charge in [0.15, 0.2) is 0 Å². The Bertz CT molecular complexity index is 346. The summed E-state index contributed by atoms with van der Waals surface area (Å²) in [6, 6.07) is -0.447. The lowest BCUT2D eigenvalue weighted by Crippen LogP contribution is -2.52. The Hall–Kier alpha value is -1.10. The lowest BCUT2D eigenvalue weighted by Gasteiger charge is -2.34. The van der Waals surface area contributed by atoms with E-state index in [2.05, 4.69) is 12.2 Å². The van der Waals surface area contributed by atoms with Gasteiger partial charge in [-0.1, -0.05) is 33.6 Å². The van der Waals surface area contributed by atoms with Crippen molar-refractivity contribution >= 4 is 11.8 Å². The fourth-order valence-electron chi connectivity index (χ4n) is 2.63. The third-order valence-electron chi connectivity index (χ3n) is 4.48. The van der Waals surface area contributed by atoms with E-state index in [1.165, 1.54) is 0 Å². The van der Waals surface area contributed by atoms with Gasteiger partial charge in [0, 0.05) is 19.6 Å². The van der Waals surface area contributed by atoms with E-state index in [0.717, 1.165) is 45.2 Å².